The van der Waals surface area contributed by atoms with E-state index in [0.29, 0.717) is 35.8 Å². The van der Waals surface area contributed by atoms with Crippen LogP contribution < -0.4 is 0 Å². The number of hydrogen-bond acceptors (Lipinski definition) is 5. The lowest BCUT2D eigenvalue weighted by Gasteiger charge is -2.30. The Morgan fingerprint density at radius 2 is 1.79 bits per heavy atom. The summed E-state index contributed by atoms with van der Waals surface area (Å²) in [6.45, 7) is 6.58. The van der Waals surface area contributed by atoms with Gasteiger partial charge in [0.05, 0.1) is 12.7 Å². The van der Waals surface area contributed by atoms with Crippen LogP contribution in [0.25, 0.3) is 0 Å². The van der Waals surface area contributed by atoms with Gasteiger partial charge in [-0.25, -0.2) is 9.59 Å². The molecule has 0 unspecified atom stereocenters. The molecule has 1 aromatic heterocycles. The molecule has 0 spiro atoms. The van der Waals surface area contributed by atoms with Gasteiger partial charge in [0.25, 0.3) is 5.91 Å². The average Bonchev–Trinajstić information content (AvgIpc) is 2.87. The van der Waals surface area contributed by atoms with Crippen molar-refractivity contribution in [2.75, 3.05) is 26.8 Å². The summed E-state index contributed by atoms with van der Waals surface area (Å²) < 4.78 is 9.82. The number of aromatic nitrogens is 1. The normalized spacial score (nSPS) is 15.2. The maximum Gasteiger partial charge on any atom is 0.355 e. The van der Waals surface area contributed by atoms with Gasteiger partial charge in [0.2, 0.25) is 0 Å². The second-order valence-corrected chi connectivity index (χ2v) is 6.26. The number of amides is 1. The predicted molar refractivity (Wildman–Crippen MR) is 86.9 cm³/mol. The molecule has 0 aliphatic carbocycles. The summed E-state index contributed by atoms with van der Waals surface area (Å²) in [4.78, 5) is 40.6. The van der Waals surface area contributed by atoms with E-state index in [-0.39, 0.29) is 18.2 Å². The quantitative estimate of drug-likeness (QED) is 0.848. The predicted octanol–water partition coefficient (Wildman–Crippen LogP) is 1.83. The Balaban J connectivity index is 1.98. The molecule has 2 heterocycles. The lowest BCUT2D eigenvalue weighted by atomic mass is 9.99. The number of hydrogen-bond donors (Lipinski definition) is 1. The van der Waals surface area contributed by atoms with E-state index in [2.05, 4.69) is 11.9 Å². The highest BCUT2D eigenvalue weighted by Gasteiger charge is 2.25. The molecule has 2 rings (SSSR count). The van der Waals surface area contributed by atoms with Gasteiger partial charge < -0.3 is 19.4 Å². The Labute approximate surface area is 141 Å². The van der Waals surface area contributed by atoms with Crippen molar-refractivity contribution in [3.63, 3.8) is 0 Å². The number of carbonyl (C=O) groups is 3. The van der Waals surface area contributed by atoms with Gasteiger partial charge in [0, 0.05) is 18.8 Å². The molecular weight excluding hydrogens is 312 g/mol. The third kappa shape index (κ3) is 3.77. The second kappa shape index (κ2) is 7.51. The number of H-pyrrole nitrogens is 1. The third-order valence-corrected chi connectivity index (χ3v) is 4.49. The molecule has 0 aromatic carbocycles. The first-order valence-corrected chi connectivity index (χ1v) is 8.07. The number of ether oxygens (including phenoxy) is 2. The molecule has 7 nitrogen and oxygen atoms in total. The highest BCUT2D eigenvalue weighted by atomic mass is 16.5. The summed E-state index contributed by atoms with van der Waals surface area (Å²) in [6, 6.07) is 0. The summed E-state index contributed by atoms with van der Waals surface area (Å²) in [6.07, 6.45) is 1.94. The minimum Gasteiger partial charge on any atom is -0.465 e. The molecule has 132 valence electrons. The zero-order valence-electron chi connectivity index (χ0n) is 14.6. The van der Waals surface area contributed by atoms with E-state index in [0.717, 1.165) is 12.8 Å². The Hall–Kier alpha value is -2.31. The molecule has 1 aromatic rings. The Bertz CT molecular complexity index is 642. The van der Waals surface area contributed by atoms with Crippen LogP contribution in [0.4, 0.5) is 0 Å². The van der Waals surface area contributed by atoms with Gasteiger partial charge in [-0.3, -0.25) is 4.79 Å². The minimum absolute atomic E-state index is 0.174. The summed E-state index contributed by atoms with van der Waals surface area (Å²) in [5.41, 5.74) is 1.49. The van der Waals surface area contributed by atoms with Crippen molar-refractivity contribution in [2.45, 2.75) is 33.6 Å². The van der Waals surface area contributed by atoms with Crippen molar-refractivity contribution in [3.05, 3.63) is 22.5 Å². The van der Waals surface area contributed by atoms with Crippen LogP contribution in [0.15, 0.2) is 0 Å². The van der Waals surface area contributed by atoms with E-state index < -0.39 is 11.9 Å². The van der Waals surface area contributed by atoms with Gasteiger partial charge in [-0.2, -0.15) is 0 Å². The number of carbonyl (C=O) groups excluding carboxylic acids is 3. The molecule has 0 saturated carbocycles. The fourth-order valence-electron chi connectivity index (χ4n) is 2.91. The highest BCUT2D eigenvalue weighted by molar-refractivity contribution is 5.99. The molecule has 0 atom stereocenters. The zero-order chi connectivity index (χ0) is 17.9. The van der Waals surface area contributed by atoms with E-state index in [4.69, 9.17) is 9.47 Å². The molecule has 0 radical (unpaired) electrons. The largest absolute Gasteiger partial charge is 0.465 e. The maximum atomic E-state index is 12.2. The zero-order valence-corrected chi connectivity index (χ0v) is 14.6. The Morgan fingerprint density at radius 3 is 2.38 bits per heavy atom. The van der Waals surface area contributed by atoms with Crippen molar-refractivity contribution >= 4 is 17.8 Å². The first-order chi connectivity index (χ1) is 11.3. The number of nitrogens with one attached hydrogen (secondary N) is 1. The van der Waals surface area contributed by atoms with Crippen LogP contribution in [-0.2, 0) is 14.3 Å². The summed E-state index contributed by atoms with van der Waals surface area (Å²) in [5.74, 6) is -0.731. The van der Waals surface area contributed by atoms with E-state index in [1.165, 1.54) is 7.11 Å². The summed E-state index contributed by atoms with van der Waals surface area (Å²) >= 11 is 0. The molecule has 1 aliphatic heterocycles. The van der Waals surface area contributed by atoms with Crippen molar-refractivity contribution in [1.82, 2.24) is 9.88 Å². The van der Waals surface area contributed by atoms with Gasteiger partial charge in [0.1, 0.15) is 5.69 Å². The van der Waals surface area contributed by atoms with Gasteiger partial charge in [-0.1, -0.05) is 6.92 Å². The van der Waals surface area contributed by atoms with Crippen molar-refractivity contribution < 1.29 is 23.9 Å². The number of piperidine rings is 1. The fourth-order valence-corrected chi connectivity index (χ4v) is 2.91. The monoisotopic (exact) mass is 336 g/mol. The number of aryl methyl sites for hydroxylation is 1. The van der Waals surface area contributed by atoms with Gasteiger partial charge in [-0.05, 0) is 38.2 Å². The molecule has 1 saturated heterocycles. The molecular formula is C17H24N2O5. The number of esters is 2. The molecule has 7 heteroatoms. The number of aromatic amines is 1. The lowest BCUT2D eigenvalue weighted by molar-refractivity contribution is -0.135. The fraction of sp³-hybridized carbons (Fsp3) is 0.588. The summed E-state index contributed by atoms with van der Waals surface area (Å²) in [5, 5.41) is 0. The van der Waals surface area contributed by atoms with Crippen molar-refractivity contribution in [3.8, 4) is 0 Å². The smallest absolute Gasteiger partial charge is 0.355 e. The van der Waals surface area contributed by atoms with Crippen LogP contribution in [0, 0.1) is 19.8 Å². The van der Waals surface area contributed by atoms with Crippen LogP contribution in [0.3, 0.4) is 0 Å². The van der Waals surface area contributed by atoms with Crippen LogP contribution in [-0.4, -0.2) is 54.5 Å². The number of nitrogens with zero attached hydrogens (tertiary/aromatic N) is 1. The van der Waals surface area contributed by atoms with Gasteiger partial charge in [0.15, 0.2) is 6.61 Å². The van der Waals surface area contributed by atoms with E-state index in [1.54, 1.807) is 18.7 Å². The molecule has 1 fully saturated rings. The molecule has 24 heavy (non-hydrogen) atoms. The SMILES string of the molecule is COC(=O)c1c(C)[nH]c(C(=O)OCC(=O)N2CCC(C)CC2)c1C. The minimum atomic E-state index is -0.649. The standard InChI is InChI=1S/C17H24N2O5/c1-10-5-7-19(8-6-10)13(20)9-24-17(22)15-11(2)14(12(3)18-15)16(21)23-4/h10,18H,5-9H2,1-4H3. The molecule has 1 N–H and O–H groups in total. The number of rotatable bonds is 4. The van der Waals surface area contributed by atoms with Crippen LogP contribution in [0.5, 0.6) is 0 Å². The van der Waals surface area contributed by atoms with Crippen molar-refractivity contribution in [2.24, 2.45) is 5.92 Å². The Kier molecular flexibility index (Phi) is 5.64. The van der Waals surface area contributed by atoms with Crippen molar-refractivity contribution in [1.29, 1.82) is 0 Å². The number of methoxy groups -OCH3 is 1. The number of likely N-dealkylation sites (tertiary alicyclic amines) is 1. The first kappa shape index (κ1) is 18.0. The third-order valence-electron chi connectivity index (χ3n) is 4.49. The van der Waals surface area contributed by atoms with Gasteiger partial charge >= 0.3 is 11.9 Å². The second-order valence-electron chi connectivity index (χ2n) is 6.26. The maximum absolute atomic E-state index is 12.2. The van der Waals surface area contributed by atoms with E-state index in [9.17, 15) is 14.4 Å². The van der Waals surface area contributed by atoms with Gasteiger partial charge in [-0.15, -0.1) is 0 Å². The summed E-state index contributed by atoms with van der Waals surface area (Å²) in [7, 11) is 1.28. The first-order valence-electron chi connectivity index (χ1n) is 8.07. The highest BCUT2D eigenvalue weighted by Crippen LogP contribution is 2.20. The van der Waals surface area contributed by atoms with E-state index in [1.807, 2.05) is 0 Å². The van der Waals surface area contributed by atoms with Crippen LogP contribution in [0.1, 0.15) is 51.9 Å². The molecule has 1 amide bonds. The average molecular weight is 336 g/mol. The van der Waals surface area contributed by atoms with Crippen LogP contribution >= 0.6 is 0 Å². The lowest BCUT2D eigenvalue weighted by Crippen LogP contribution is -2.40. The molecule has 0 bridgehead atoms. The van der Waals surface area contributed by atoms with E-state index >= 15 is 0 Å². The molecule has 1 aliphatic rings. The topological polar surface area (TPSA) is 88.7 Å². The Morgan fingerprint density at radius 1 is 1.17 bits per heavy atom. The van der Waals surface area contributed by atoms with Crippen LogP contribution in [0.2, 0.25) is 0 Å².